The molecule has 1 aliphatic rings. The van der Waals surface area contributed by atoms with Gasteiger partial charge in [0.1, 0.15) is 19.7 Å². The predicted octanol–water partition coefficient (Wildman–Crippen LogP) is 2.41. The van der Waals surface area contributed by atoms with E-state index >= 15 is 0 Å². The molecule has 0 unspecified atom stereocenters. The summed E-state index contributed by atoms with van der Waals surface area (Å²) in [4.78, 5) is 21.4. The Morgan fingerprint density at radius 2 is 2.07 bits per heavy atom. The van der Waals surface area contributed by atoms with Crippen molar-refractivity contribution >= 4 is 36.6 Å². The van der Waals surface area contributed by atoms with Crippen LogP contribution in [0.25, 0.3) is 0 Å². The van der Waals surface area contributed by atoms with E-state index < -0.39 is 5.41 Å². The van der Waals surface area contributed by atoms with E-state index in [1.807, 2.05) is 32.0 Å². The number of carbonyl (C=O) groups is 1. The quantitative estimate of drug-likeness (QED) is 0.602. The topological polar surface area (TPSA) is 81.9 Å². The van der Waals surface area contributed by atoms with Gasteiger partial charge in [-0.3, -0.25) is 15.2 Å². The van der Waals surface area contributed by atoms with Gasteiger partial charge in [0.15, 0.2) is 0 Å². The molecule has 6 nitrogen and oxygen atoms in total. The van der Waals surface area contributed by atoms with Crippen molar-refractivity contribution in [1.82, 2.24) is 15.4 Å². The van der Waals surface area contributed by atoms with E-state index in [1.165, 1.54) is 6.20 Å². The molecule has 2 aromatic rings. The smallest absolute Gasteiger partial charge is 0.249 e. The van der Waals surface area contributed by atoms with Gasteiger partial charge in [-0.25, -0.2) is 9.97 Å². The number of nitrogens with zero attached hydrogens (tertiary/aromatic N) is 4. The van der Waals surface area contributed by atoms with Crippen LogP contribution in [-0.4, -0.2) is 30.3 Å². The van der Waals surface area contributed by atoms with Crippen molar-refractivity contribution in [3.05, 3.63) is 46.9 Å². The number of aromatic nitrogens is 2. The molecule has 3 rings (SSSR count). The van der Waals surface area contributed by atoms with Gasteiger partial charge in [0, 0.05) is 17.8 Å². The van der Waals surface area contributed by atoms with Crippen LogP contribution >= 0.6 is 11.6 Å². The first kappa shape index (κ1) is 20.2. The molecule has 1 aromatic heterocycles. The summed E-state index contributed by atoms with van der Waals surface area (Å²) in [6, 6.07) is 9.32. The minimum atomic E-state index is -0.598. The van der Waals surface area contributed by atoms with Gasteiger partial charge in [-0.05, 0) is 41.9 Å². The molecule has 8 heteroatoms. The molecule has 1 heterocycles. The summed E-state index contributed by atoms with van der Waals surface area (Å²) in [5.74, 6) is 0.453. The van der Waals surface area contributed by atoms with Gasteiger partial charge in [0.25, 0.3) is 0 Å². The molecule has 1 aromatic carbocycles. The van der Waals surface area contributed by atoms with Gasteiger partial charge >= 0.3 is 0 Å². The third-order valence-electron chi connectivity index (χ3n) is 4.97. The lowest BCUT2D eigenvalue weighted by atomic mass is 9.64. The zero-order chi connectivity index (χ0) is 20.3. The Hall–Kier alpha value is -2.59. The highest BCUT2D eigenvalue weighted by molar-refractivity contribution is 6.35. The maximum Gasteiger partial charge on any atom is 0.249 e. The third kappa shape index (κ3) is 3.97. The second-order valence-corrected chi connectivity index (χ2v) is 7.91. The minimum Gasteiger partial charge on any atom is -0.272 e. The van der Waals surface area contributed by atoms with Crippen molar-refractivity contribution < 1.29 is 4.79 Å². The average Bonchev–Trinajstić information content (AvgIpc) is 2.62. The van der Waals surface area contributed by atoms with Crippen LogP contribution in [-0.2, 0) is 10.2 Å². The lowest BCUT2D eigenvalue weighted by Gasteiger charge is -2.42. The Bertz CT molecular complexity index is 906. The van der Waals surface area contributed by atoms with Gasteiger partial charge in [-0.2, -0.15) is 5.26 Å². The molecule has 0 saturated heterocycles. The van der Waals surface area contributed by atoms with Crippen LogP contribution in [0.2, 0.25) is 5.02 Å². The zero-order valence-electron chi connectivity index (χ0n) is 15.9. The summed E-state index contributed by atoms with van der Waals surface area (Å²) in [6.45, 7) is 4.55. The lowest BCUT2D eigenvalue weighted by molar-refractivity contribution is -0.130. The van der Waals surface area contributed by atoms with Crippen molar-refractivity contribution in [3.63, 3.8) is 0 Å². The number of carbonyl (C=O) groups excluding carboxylic acids is 1. The zero-order valence-corrected chi connectivity index (χ0v) is 16.7. The van der Waals surface area contributed by atoms with Crippen molar-refractivity contribution in [2.45, 2.75) is 38.5 Å². The van der Waals surface area contributed by atoms with E-state index in [4.69, 9.17) is 24.7 Å². The SMILES string of the molecule is [B]c1cnc(C#N)nc1N(CC(C)C)NC(=O)C1(c2ccc(Cl)cc2)CCC1. The molecule has 0 atom stereocenters. The van der Waals surface area contributed by atoms with Crippen LogP contribution in [0.1, 0.15) is 44.5 Å². The molecule has 142 valence electrons. The standard InChI is InChI=1S/C20H21BClN5O/c1-13(2)12-27(18-16(21)11-24-17(10-23)25-18)26-19(28)20(8-3-9-20)14-4-6-15(22)7-5-14/h4-7,11,13H,3,8-9,12H2,1-2H3,(H,26,28). The highest BCUT2D eigenvalue weighted by atomic mass is 35.5. The fraction of sp³-hybridized carbons (Fsp3) is 0.400. The third-order valence-corrected chi connectivity index (χ3v) is 5.23. The monoisotopic (exact) mass is 393 g/mol. The van der Waals surface area contributed by atoms with E-state index in [9.17, 15) is 4.79 Å². The average molecular weight is 394 g/mol. The highest BCUT2D eigenvalue weighted by Crippen LogP contribution is 2.44. The fourth-order valence-corrected chi connectivity index (χ4v) is 3.50. The Morgan fingerprint density at radius 1 is 1.39 bits per heavy atom. The van der Waals surface area contributed by atoms with Crippen molar-refractivity contribution in [2.24, 2.45) is 5.92 Å². The number of nitriles is 1. The number of rotatable bonds is 6. The largest absolute Gasteiger partial charge is 0.272 e. The number of hydrazine groups is 1. The van der Waals surface area contributed by atoms with Crippen molar-refractivity contribution in [3.8, 4) is 6.07 Å². The second kappa shape index (κ2) is 8.20. The van der Waals surface area contributed by atoms with Crippen LogP contribution < -0.4 is 15.9 Å². The van der Waals surface area contributed by atoms with Crippen molar-refractivity contribution in [2.75, 3.05) is 11.6 Å². The number of halogens is 1. The Labute approximate surface area is 171 Å². The molecule has 1 aliphatic carbocycles. The van der Waals surface area contributed by atoms with Crippen LogP contribution in [0, 0.1) is 17.2 Å². The fourth-order valence-electron chi connectivity index (χ4n) is 3.38. The lowest BCUT2D eigenvalue weighted by Crippen LogP contribution is -2.56. The number of hydrogen-bond acceptors (Lipinski definition) is 5. The van der Waals surface area contributed by atoms with Crippen LogP contribution in [0.15, 0.2) is 30.5 Å². The normalized spacial score (nSPS) is 14.8. The second-order valence-electron chi connectivity index (χ2n) is 7.47. The van der Waals surface area contributed by atoms with Crippen LogP contribution in [0.5, 0.6) is 0 Å². The van der Waals surface area contributed by atoms with Gasteiger partial charge in [-0.15, -0.1) is 0 Å². The van der Waals surface area contributed by atoms with Gasteiger partial charge in [0.2, 0.25) is 11.7 Å². The van der Waals surface area contributed by atoms with Gasteiger partial charge < -0.3 is 0 Å². The molecule has 1 fully saturated rings. The van der Waals surface area contributed by atoms with Gasteiger partial charge in [-0.1, -0.05) is 44.0 Å². The van der Waals surface area contributed by atoms with E-state index in [2.05, 4.69) is 15.4 Å². The van der Waals surface area contributed by atoms with E-state index in [-0.39, 0.29) is 17.6 Å². The molecule has 1 amide bonds. The van der Waals surface area contributed by atoms with Gasteiger partial charge in [0.05, 0.1) is 5.41 Å². The number of benzene rings is 1. The first-order valence-electron chi connectivity index (χ1n) is 9.23. The summed E-state index contributed by atoms with van der Waals surface area (Å²) in [5.41, 5.74) is 3.64. The summed E-state index contributed by atoms with van der Waals surface area (Å²) in [5, 5.41) is 11.4. The summed E-state index contributed by atoms with van der Waals surface area (Å²) >= 11 is 6.01. The molecule has 0 aliphatic heterocycles. The Kier molecular flexibility index (Phi) is 5.90. The van der Waals surface area contributed by atoms with E-state index in [0.29, 0.717) is 22.8 Å². The molecule has 0 spiro atoms. The van der Waals surface area contributed by atoms with Crippen LogP contribution in [0.4, 0.5) is 5.82 Å². The maximum atomic E-state index is 13.3. The summed E-state index contributed by atoms with van der Waals surface area (Å²) in [7, 11) is 6.04. The molecular formula is C20H21BClN5O. The number of nitrogens with one attached hydrogen (secondary N) is 1. The first-order chi connectivity index (χ1) is 13.4. The summed E-state index contributed by atoms with van der Waals surface area (Å²) in [6.07, 6.45) is 3.89. The molecule has 0 bridgehead atoms. The first-order valence-corrected chi connectivity index (χ1v) is 9.61. The van der Waals surface area contributed by atoms with E-state index in [0.717, 1.165) is 24.8 Å². The number of amides is 1. The van der Waals surface area contributed by atoms with E-state index in [1.54, 1.807) is 17.1 Å². The predicted molar refractivity (Wildman–Crippen MR) is 109 cm³/mol. The minimum absolute atomic E-state index is 0.00302. The molecular weight excluding hydrogens is 373 g/mol. The highest BCUT2D eigenvalue weighted by Gasteiger charge is 2.46. The number of hydrogen-bond donors (Lipinski definition) is 1. The molecule has 1 saturated carbocycles. The molecule has 2 radical (unpaired) electrons. The molecule has 28 heavy (non-hydrogen) atoms. The Morgan fingerprint density at radius 3 is 2.61 bits per heavy atom. The summed E-state index contributed by atoms with van der Waals surface area (Å²) < 4.78 is 0. The molecule has 1 N–H and O–H groups in total. The maximum absolute atomic E-state index is 13.3. The number of anilines is 1. The van der Waals surface area contributed by atoms with Crippen LogP contribution in [0.3, 0.4) is 0 Å². The Balaban J connectivity index is 1.91. The van der Waals surface area contributed by atoms with Crippen molar-refractivity contribution in [1.29, 1.82) is 5.26 Å².